The molecule has 2 aliphatic heterocycles. The number of fused-ring (bicyclic) bond motifs is 5. The van der Waals surface area contributed by atoms with Crippen LogP contribution in [0, 0.1) is 39.9 Å². The minimum Gasteiger partial charge on any atom is -0.458 e. The molecule has 4 saturated carbocycles. The van der Waals surface area contributed by atoms with Crippen molar-refractivity contribution < 1.29 is 39.4 Å². The highest BCUT2D eigenvalue weighted by atomic mass is 16.7. The number of hydrogen-bond acceptors (Lipinski definition) is 10. The molecule has 0 bridgehead atoms. The lowest BCUT2D eigenvalue weighted by Gasteiger charge is -2.66. The van der Waals surface area contributed by atoms with Crippen molar-refractivity contribution in [2.75, 3.05) is 13.2 Å². The normalized spacial score (nSPS) is 51.3. The number of nitrogens with zero attached hydrogens (tertiary/aromatic N) is 2. The van der Waals surface area contributed by atoms with E-state index in [9.17, 15) is 30.5 Å². The summed E-state index contributed by atoms with van der Waals surface area (Å²) in [4.78, 5) is 16.4. The highest BCUT2D eigenvalue weighted by molar-refractivity contribution is 5.85. The Hall–Kier alpha value is -1.87. The lowest BCUT2D eigenvalue weighted by atomic mass is 9.41. The average Bonchev–Trinajstić information content (AvgIpc) is 3.47. The van der Waals surface area contributed by atoms with Crippen LogP contribution >= 0.6 is 0 Å². The van der Waals surface area contributed by atoms with Gasteiger partial charge in [0.1, 0.15) is 19.3 Å². The zero-order chi connectivity index (χ0) is 29.2. The molecular formula is C31H44N2O8. The van der Waals surface area contributed by atoms with Gasteiger partial charge in [-0.25, -0.2) is 4.79 Å². The Morgan fingerprint density at radius 3 is 2.63 bits per heavy atom. The molecule has 12 atom stereocenters. The van der Waals surface area contributed by atoms with Crippen molar-refractivity contribution in [3.8, 4) is 6.07 Å². The average molecular weight is 573 g/mol. The first-order chi connectivity index (χ1) is 19.5. The van der Waals surface area contributed by atoms with Crippen LogP contribution in [0.4, 0.5) is 0 Å². The first kappa shape index (κ1) is 29.2. The molecule has 226 valence electrons. The van der Waals surface area contributed by atoms with Crippen LogP contribution in [-0.4, -0.2) is 87.7 Å². The molecule has 4 N–H and O–H groups in total. The molecule has 6 rings (SSSR count). The van der Waals surface area contributed by atoms with Crippen LogP contribution in [0.3, 0.4) is 0 Å². The highest BCUT2D eigenvalue weighted by Gasteiger charge is 2.71. The number of hydrogen-bond donors (Lipinski definition) is 4. The Labute approximate surface area is 241 Å². The van der Waals surface area contributed by atoms with E-state index in [-0.39, 0.29) is 42.8 Å². The van der Waals surface area contributed by atoms with Crippen molar-refractivity contribution in [3.05, 3.63) is 11.6 Å². The summed E-state index contributed by atoms with van der Waals surface area (Å²) in [5, 5.41) is 54.5. The Morgan fingerprint density at radius 2 is 1.93 bits per heavy atom. The maximum Gasteiger partial charge on any atom is 0.331 e. The molecule has 1 saturated heterocycles. The van der Waals surface area contributed by atoms with Gasteiger partial charge in [0.25, 0.3) is 0 Å². The zero-order valence-electron chi connectivity index (χ0n) is 24.1. The molecular weight excluding hydrogens is 528 g/mol. The second kappa shape index (κ2) is 10.4. The predicted molar refractivity (Wildman–Crippen MR) is 146 cm³/mol. The maximum absolute atomic E-state index is 12.5. The Bertz CT molecular complexity index is 1140. The number of ether oxygens (including phenoxy) is 3. The summed E-state index contributed by atoms with van der Waals surface area (Å²) >= 11 is 0. The molecule has 6 aliphatic rings. The summed E-state index contributed by atoms with van der Waals surface area (Å²) in [5.41, 5.74) is -2.19. The molecule has 0 aromatic carbocycles. The smallest absolute Gasteiger partial charge is 0.331 e. The topological polar surface area (TPSA) is 162 Å². The molecule has 4 aliphatic carbocycles. The van der Waals surface area contributed by atoms with Crippen molar-refractivity contribution in [3.63, 3.8) is 0 Å². The standard InChI is InChI=1S/C31H44N2O8/c1-18-27(36)24(34)14-26(40-18)41-20-3-8-29(17-33-12-11-32)22-4-7-28(2)21(19-13-25(35)39-16-19)6-10-31(28,38)23(22)5-9-30(29,37)15-20/h13,17-18,20-24,26-27,34,36-38H,3-10,12,14-16H2,1-2H3/t18?,20-,21+,22-,23+,24?,26?,27?,28+,29-,30-,31-/m0/s1. The summed E-state index contributed by atoms with van der Waals surface area (Å²) in [5.74, 6) is -0.282. The van der Waals surface area contributed by atoms with Crippen LogP contribution in [0.5, 0.6) is 0 Å². The molecule has 0 aromatic rings. The van der Waals surface area contributed by atoms with Gasteiger partial charge < -0.3 is 34.6 Å². The van der Waals surface area contributed by atoms with E-state index in [0.717, 1.165) is 24.8 Å². The van der Waals surface area contributed by atoms with Gasteiger partial charge in [-0.3, -0.25) is 4.99 Å². The van der Waals surface area contributed by atoms with Gasteiger partial charge in [0.05, 0.1) is 35.6 Å². The molecule has 0 radical (unpaired) electrons. The van der Waals surface area contributed by atoms with E-state index < -0.39 is 46.6 Å². The van der Waals surface area contributed by atoms with Crippen LogP contribution in [0.25, 0.3) is 0 Å². The third kappa shape index (κ3) is 4.42. The number of cyclic esters (lactones) is 1. The first-order valence-corrected chi connectivity index (χ1v) is 15.3. The Morgan fingerprint density at radius 1 is 1.15 bits per heavy atom. The number of aliphatic hydroxyl groups excluding tert-OH is 2. The second-order valence-electron chi connectivity index (χ2n) is 13.8. The molecule has 10 heteroatoms. The number of carbonyl (C=O) groups is 1. The second-order valence-corrected chi connectivity index (χ2v) is 13.8. The van der Waals surface area contributed by atoms with Crippen molar-refractivity contribution in [1.29, 1.82) is 5.26 Å². The largest absolute Gasteiger partial charge is 0.458 e. The Balaban J connectivity index is 1.26. The molecule has 0 spiro atoms. The van der Waals surface area contributed by atoms with Crippen molar-refractivity contribution in [2.24, 2.45) is 33.6 Å². The summed E-state index contributed by atoms with van der Waals surface area (Å²) in [6.45, 7) is 4.19. The molecule has 10 nitrogen and oxygen atoms in total. The zero-order valence-corrected chi connectivity index (χ0v) is 24.1. The van der Waals surface area contributed by atoms with Gasteiger partial charge >= 0.3 is 5.97 Å². The van der Waals surface area contributed by atoms with Gasteiger partial charge in [0, 0.05) is 36.0 Å². The van der Waals surface area contributed by atoms with E-state index in [1.165, 1.54) is 0 Å². The van der Waals surface area contributed by atoms with Gasteiger partial charge in [-0.1, -0.05) is 6.92 Å². The first-order valence-electron chi connectivity index (χ1n) is 15.3. The molecule has 2 heterocycles. The minimum atomic E-state index is -1.13. The molecule has 41 heavy (non-hydrogen) atoms. The van der Waals surface area contributed by atoms with E-state index in [1.54, 1.807) is 13.0 Å². The molecule has 0 aromatic heterocycles. The lowest BCUT2D eigenvalue weighted by molar-refractivity contribution is -0.282. The Kier molecular flexibility index (Phi) is 7.40. The van der Waals surface area contributed by atoms with Crippen molar-refractivity contribution in [1.82, 2.24) is 0 Å². The number of esters is 1. The van der Waals surface area contributed by atoms with Gasteiger partial charge in [-0.15, -0.1) is 0 Å². The SMILES string of the molecule is CC1OC(O[C@H]2CC[C@]3(C=NCC#N)[C@H]4CC[C@]5(C)[C@@H](C6=CC(=O)OC6)CC[C@]5(O)[C@@H]4CC[C@]3(O)C2)CC(O)C1O. The fourth-order valence-corrected chi connectivity index (χ4v) is 10.0. The van der Waals surface area contributed by atoms with Gasteiger partial charge in [0.2, 0.25) is 0 Å². The molecule has 0 amide bonds. The van der Waals surface area contributed by atoms with E-state index >= 15 is 0 Å². The van der Waals surface area contributed by atoms with E-state index in [1.807, 2.05) is 6.21 Å². The molecule has 5 fully saturated rings. The van der Waals surface area contributed by atoms with Gasteiger partial charge in [-0.05, 0) is 81.6 Å². The minimum absolute atomic E-state index is 0.00933. The van der Waals surface area contributed by atoms with E-state index in [2.05, 4.69) is 18.0 Å². The van der Waals surface area contributed by atoms with Crippen molar-refractivity contribution in [2.45, 2.75) is 120 Å². The monoisotopic (exact) mass is 572 g/mol. The van der Waals surface area contributed by atoms with Crippen molar-refractivity contribution >= 4 is 12.2 Å². The highest BCUT2D eigenvalue weighted by Crippen LogP contribution is 2.70. The quantitative estimate of drug-likeness (QED) is 0.167. The number of carbonyl (C=O) groups excluding carboxylic acids is 1. The van der Waals surface area contributed by atoms with Gasteiger partial charge in [0.15, 0.2) is 6.29 Å². The third-order valence-electron chi connectivity index (χ3n) is 12.1. The lowest BCUT2D eigenvalue weighted by Crippen LogP contribution is -2.69. The molecule has 4 unspecified atom stereocenters. The summed E-state index contributed by atoms with van der Waals surface area (Å²) in [6, 6.07) is 2.09. The number of aliphatic imine (C=N–C) groups is 1. The van der Waals surface area contributed by atoms with Crippen LogP contribution in [-0.2, 0) is 19.0 Å². The number of nitriles is 1. The third-order valence-corrected chi connectivity index (χ3v) is 12.1. The number of aliphatic hydroxyl groups is 4. The number of rotatable bonds is 5. The van der Waals surface area contributed by atoms with E-state index in [0.29, 0.717) is 45.1 Å². The summed E-state index contributed by atoms with van der Waals surface area (Å²) < 4.78 is 17.3. The predicted octanol–water partition coefficient (Wildman–Crippen LogP) is 2.17. The fraction of sp³-hybridized carbons (Fsp3) is 0.839. The van der Waals surface area contributed by atoms with Crippen LogP contribution in [0.2, 0.25) is 0 Å². The van der Waals surface area contributed by atoms with Crippen LogP contribution < -0.4 is 0 Å². The summed E-state index contributed by atoms with van der Waals surface area (Å²) in [7, 11) is 0. The van der Waals surface area contributed by atoms with E-state index in [4.69, 9.17) is 14.2 Å². The summed E-state index contributed by atoms with van der Waals surface area (Å²) in [6.07, 6.45) is 5.97. The van der Waals surface area contributed by atoms with Crippen LogP contribution in [0.1, 0.15) is 78.1 Å². The van der Waals surface area contributed by atoms with Crippen LogP contribution in [0.15, 0.2) is 16.6 Å². The maximum atomic E-state index is 12.5. The van der Waals surface area contributed by atoms with Gasteiger partial charge in [-0.2, -0.15) is 5.26 Å². The fourth-order valence-electron chi connectivity index (χ4n) is 10.0.